The first-order valence-electron chi connectivity index (χ1n) is 6.21. The highest BCUT2D eigenvalue weighted by Crippen LogP contribution is 2.55. The van der Waals surface area contributed by atoms with Crippen molar-refractivity contribution in [2.24, 2.45) is 5.92 Å². The van der Waals surface area contributed by atoms with Gasteiger partial charge in [-0.3, -0.25) is 4.57 Å². The van der Waals surface area contributed by atoms with Gasteiger partial charge in [-0.2, -0.15) is 0 Å². The third-order valence-corrected chi connectivity index (χ3v) is 5.07. The third-order valence-electron chi connectivity index (χ3n) is 3.48. The van der Waals surface area contributed by atoms with Crippen molar-refractivity contribution in [2.75, 3.05) is 6.54 Å². The van der Waals surface area contributed by atoms with Gasteiger partial charge in [-0.25, -0.2) is 0 Å². The van der Waals surface area contributed by atoms with Crippen molar-refractivity contribution in [1.82, 2.24) is 5.32 Å². The molecule has 0 aromatic heterocycles. The first-order chi connectivity index (χ1) is 8.34. The van der Waals surface area contributed by atoms with E-state index in [0.717, 1.165) is 11.1 Å². The highest BCUT2D eigenvalue weighted by molar-refractivity contribution is 7.53. The standard InChI is InChI=1S/C13H20NO3P/c1-10(2)9-14-13(18(15,16)17)7-11-5-3-4-6-12(11)8-13/h3-6,10,14H,7-9H2,1-2H3,(H2,15,16,17). The van der Waals surface area contributed by atoms with Crippen LogP contribution in [-0.4, -0.2) is 21.6 Å². The van der Waals surface area contributed by atoms with Crippen LogP contribution in [0.25, 0.3) is 0 Å². The summed E-state index contributed by atoms with van der Waals surface area (Å²) in [5.74, 6) is 0.358. The van der Waals surface area contributed by atoms with Crippen LogP contribution < -0.4 is 5.32 Å². The molecule has 0 spiro atoms. The molecular formula is C13H20NO3P. The van der Waals surface area contributed by atoms with Gasteiger partial charge in [0.15, 0.2) is 0 Å². The van der Waals surface area contributed by atoms with Crippen LogP contribution in [0.3, 0.4) is 0 Å². The Kier molecular flexibility index (Phi) is 3.65. The van der Waals surface area contributed by atoms with Crippen LogP contribution in [0.15, 0.2) is 24.3 Å². The summed E-state index contributed by atoms with van der Waals surface area (Å²) in [7, 11) is -4.19. The van der Waals surface area contributed by atoms with Gasteiger partial charge in [-0.1, -0.05) is 38.1 Å². The van der Waals surface area contributed by atoms with E-state index in [4.69, 9.17) is 0 Å². The molecule has 0 bridgehead atoms. The van der Waals surface area contributed by atoms with Crippen molar-refractivity contribution < 1.29 is 14.4 Å². The molecule has 0 aliphatic heterocycles. The minimum absolute atomic E-state index is 0.358. The van der Waals surface area contributed by atoms with Gasteiger partial charge in [0.25, 0.3) is 0 Å². The molecule has 1 aromatic carbocycles. The number of hydrogen-bond donors (Lipinski definition) is 3. The van der Waals surface area contributed by atoms with E-state index in [1.807, 2.05) is 38.1 Å². The maximum absolute atomic E-state index is 11.9. The van der Waals surface area contributed by atoms with E-state index >= 15 is 0 Å². The van der Waals surface area contributed by atoms with Crippen molar-refractivity contribution in [2.45, 2.75) is 32.0 Å². The summed E-state index contributed by atoms with van der Waals surface area (Å²) in [5.41, 5.74) is 2.08. The molecule has 5 heteroatoms. The van der Waals surface area contributed by atoms with Crippen molar-refractivity contribution in [1.29, 1.82) is 0 Å². The van der Waals surface area contributed by atoms with Crippen LogP contribution in [0, 0.1) is 5.92 Å². The number of nitrogens with one attached hydrogen (secondary N) is 1. The predicted octanol–water partition coefficient (Wildman–Crippen LogP) is 1.90. The fourth-order valence-electron chi connectivity index (χ4n) is 2.42. The van der Waals surface area contributed by atoms with Gasteiger partial charge in [0, 0.05) is 12.8 Å². The molecule has 0 saturated carbocycles. The van der Waals surface area contributed by atoms with Crippen LogP contribution in [0.5, 0.6) is 0 Å². The second-order valence-electron chi connectivity index (χ2n) is 5.47. The summed E-state index contributed by atoms with van der Waals surface area (Å²) >= 11 is 0. The largest absolute Gasteiger partial charge is 0.346 e. The molecule has 0 atom stereocenters. The molecule has 100 valence electrons. The van der Waals surface area contributed by atoms with E-state index in [1.54, 1.807) is 0 Å². The Morgan fingerprint density at radius 1 is 1.28 bits per heavy atom. The Bertz CT molecular complexity index is 456. The van der Waals surface area contributed by atoms with Crippen molar-refractivity contribution in [3.05, 3.63) is 35.4 Å². The second kappa shape index (κ2) is 4.78. The molecule has 18 heavy (non-hydrogen) atoms. The molecule has 1 aliphatic rings. The van der Waals surface area contributed by atoms with Crippen LogP contribution >= 0.6 is 7.60 Å². The quantitative estimate of drug-likeness (QED) is 0.730. The van der Waals surface area contributed by atoms with Crippen molar-refractivity contribution in [3.8, 4) is 0 Å². The average Bonchev–Trinajstić information content (AvgIpc) is 2.65. The molecule has 2 rings (SSSR count). The summed E-state index contributed by atoms with van der Waals surface area (Å²) in [6, 6.07) is 7.72. The monoisotopic (exact) mass is 269 g/mol. The van der Waals surface area contributed by atoms with Gasteiger partial charge < -0.3 is 15.1 Å². The Hall–Kier alpha value is -0.670. The first kappa shape index (κ1) is 13.8. The predicted molar refractivity (Wildman–Crippen MR) is 71.5 cm³/mol. The number of benzene rings is 1. The van der Waals surface area contributed by atoms with Gasteiger partial charge in [0.1, 0.15) is 5.28 Å². The van der Waals surface area contributed by atoms with Crippen LogP contribution in [0.4, 0.5) is 0 Å². The van der Waals surface area contributed by atoms with Gasteiger partial charge in [-0.05, 0) is 23.6 Å². The average molecular weight is 269 g/mol. The van der Waals surface area contributed by atoms with E-state index in [0.29, 0.717) is 25.3 Å². The first-order valence-corrected chi connectivity index (χ1v) is 7.83. The highest BCUT2D eigenvalue weighted by atomic mass is 31.2. The SMILES string of the molecule is CC(C)CNC1(P(=O)(O)O)Cc2ccccc2C1. The number of rotatable bonds is 4. The molecule has 0 fully saturated rings. The van der Waals surface area contributed by atoms with Gasteiger partial charge in [0.2, 0.25) is 0 Å². The van der Waals surface area contributed by atoms with Crippen LogP contribution in [0.2, 0.25) is 0 Å². The van der Waals surface area contributed by atoms with Crippen LogP contribution in [-0.2, 0) is 17.4 Å². The van der Waals surface area contributed by atoms with Gasteiger partial charge in [-0.15, -0.1) is 0 Å². The molecule has 0 heterocycles. The lowest BCUT2D eigenvalue weighted by molar-refractivity contribution is 0.293. The summed E-state index contributed by atoms with van der Waals surface area (Å²) in [4.78, 5) is 19.4. The number of fused-ring (bicyclic) bond motifs is 1. The van der Waals surface area contributed by atoms with Gasteiger partial charge in [0.05, 0.1) is 0 Å². The summed E-state index contributed by atoms with van der Waals surface area (Å²) in [6.07, 6.45) is 0.806. The van der Waals surface area contributed by atoms with E-state index in [-0.39, 0.29) is 0 Å². The lowest BCUT2D eigenvalue weighted by Crippen LogP contribution is -2.47. The van der Waals surface area contributed by atoms with Crippen molar-refractivity contribution >= 4 is 7.60 Å². The molecular weight excluding hydrogens is 249 g/mol. The lowest BCUT2D eigenvalue weighted by atomic mass is 10.1. The fourth-order valence-corrected chi connectivity index (χ4v) is 3.47. The van der Waals surface area contributed by atoms with E-state index in [1.165, 1.54) is 0 Å². The molecule has 1 aliphatic carbocycles. The fraction of sp³-hybridized carbons (Fsp3) is 0.538. The zero-order valence-corrected chi connectivity index (χ0v) is 11.7. The number of hydrogen-bond acceptors (Lipinski definition) is 2. The van der Waals surface area contributed by atoms with Gasteiger partial charge >= 0.3 is 7.60 Å². The Morgan fingerprint density at radius 2 is 1.78 bits per heavy atom. The Morgan fingerprint density at radius 3 is 2.17 bits per heavy atom. The van der Waals surface area contributed by atoms with E-state index in [2.05, 4.69) is 5.32 Å². The minimum atomic E-state index is -4.19. The maximum Gasteiger partial charge on any atom is 0.346 e. The van der Waals surface area contributed by atoms with E-state index in [9.17, 15) is 14.4 Å². The molecule has 0 radical (unpaired) electrons. The summed E-state index contributed by atoms with van der Waals surface area (Å²) in [5, 5.41) is 2.01. The Labute approximate surface area is 108 Å². The molecule has 4 nitrogen and oxygen atoms in total. The maximum atomic E-state index is 11.9. The molecule has 1 aromatic rings. The minimum Gasteiger partial charge on any atom is -0.323 e. The lowest BCUT2D eigenvalue weighted by Gasteiger charge is -2.32. The van der Waals surface area contributed by atoms with E-state index < -0.39 is 12.9 Å². The zero-order chi connectivity index (χ0) is 13.4. The second-order valence-corrected chi connectivity index (χ2v) is 7.42. The topological polar surface area (TPSA) is 69.6 Å². The summed E-state index contributed by atoms with van der Waals surface area (Å²) in [6.45, 7) is 4.67. The third kappa shape index (κ3) is 2.52. The summed E-state index contributed by atoms with van der Waals surface area (Å²) < 4.78 is 11.9. The molecule has 3 N–H and O–H groups in total. The highest BCUT2D eigenvalue weighted by Gasteiger charge is 2.50. The molecule has 0 amide bonds. The molecule has 0 saturated heterocycles. The Balaban J connectivity index is 2.28. The zero-order valence-electron chi connectivity index (χ0n) is 10.8. The molecule has 0 unspecified atom stereocenters. The van der Waals surface area contributed by atoms with Crippen LogP contribution in [0.1, 0.15) is 25.0 Å². The smallest absolute Gasteiger partial charge is 0.323 e. The van der Waals surface area contributed by atoms with Crippen molar-refractivity contribution in [3.63, 3.8) is 0 Å². The normalized spacial score (nSPS) is 18.1.